The minimum atomic E-state index is -0.601. The van der Waals surface area contributed by atoms with Gasteiger partial charge in [-0.15, -0.1) is 0 Å². The van der Waals surface area contributed by atoms with Crippen molar-refractivity contribution in [2.45, 2.75) is 45.4 Å². The van der Waals surface area contributed by atoms with Gasteiger partial charge >= 0.3 is 0 Å². The number of aliphatic hydroxyl groups is 1. The number of ether oxygens (including phenoxy) is 1. The van der Waals surface area contributed by atoms with Crippen LogP contribution in [0.5, 0.6) is 5.75 Å². The number of hydrogen-bond acceptors (Lipinski definition) is 5. The van der Waals surface area contributed by atoms with Crippen LogP contribution in [0.2, 0.25) is 0 Å². The number of aliphatic hydroxyl groups excluding tert-OH is 1. The zero-order valence-electron chi connectivity index (χ0n) is 18.6. The molecule has 1 aliphatic rings. The fourth-order valence-electron chi connectivity index (χ4n) is 3.74. The molecule has 1 amide bonds. The Bertz CT molecular complexity index is 823. The van der Waals surface area contributed by atoms with Crippen molar-refractivity contribution in [3.63, 3.8) is 0 Å². The minimum absolute atomic E-state index is 0.185. The Balaban J connectivity index is 1.36. The van der Waals surface area contributed by atoms with Crippen LogP contribution >= 0.6 is 0 Å². The summed E-state index contributed by atoms with van der Waals surface area (Å²) in [5, 5.41) is 16.6. The Kier molecular flexibility index (Phi) is 8.88. The van der Waals surface area contributed by atoms with Gasteiger partial charge in [-0.1, -0.05) is 38.1 Å². The molecule has 168 valence electrons. The highest BCUT2D eigenvalue weighted by molar-refractivity contribution is 5.94. The monoisotopic (exact) mass is 425 g/mol. The van der Waals surface area contributed by atoms with Gasteiger partial charge in [0, 0.05) is 37.8 Å². The molecule has 3 N–H and O–H groups in total. The Labute approximate surface area is 185 Å². The number of amides is 1. The van der Waals surface area contributed by atoms with Crippen molar-refractivity contribution in [1.82, 2.24) is 15.5 Å². The molecule has 2 aromatic rings. The van der Waals surface area contributed by atoms with Crippen molar-refractivity contribution in [3.8, 4) is 5.75 Å². The van der Waals surface area contributed by atoms with Gasteiger partial charge in [0.25, 0.3) is 5.91 Å². The van der Waals surface area contributed by atoms with Crippen molar-refractivity contribution in [3.05, 3.63) is 65.2 Å². The summed E-state index contributed by atoms with van der Waals surface area (Å²) in [5.74, 6) is 0.572. The lowest BCUT2D eigenvalue weighted by Crippen LogP contribution is -2.42. The second-order valence-corrected chi connectivity index (χ2v) is 8.45. The molecule has 3 rings (SSSR count). The van der Waals surface area contributed by atoms with E-state index in [1.807, 2.05) is 12.1 Å². The molecule has 6 nitrogen and oxygen atoms in total. The van der Waals surface area contributed by atoms with Crippen molar-refractivity contribution in [2.75, 3.05) is 32.8 Å². The van der Waals surface area contributed by atoms with E-state index in [1.54, 1.807) is 12.1 Å². The van der Waals surface area contributed by atoms with E-state index in [2.05, 4.69) is 53.6 Å². The van der Waals surface area contributed by atoms with Crippen LogP contribution < -0.4 is 15.4 Å². The molecule has 31 heavy (non-hydrogen) atoms. The van der Waals surface area contributed by atoms with Gasteiger partial charge < -0.3 is 20.5 Å². The van der Waals surface area contributed by atoms with E-state index in [0.29, 0.717) is 24.8 Å². The van der Waals surface area contributed by atoms with Gasteiger partial charge in [-0.3, -0.25) is 9.69 Å². The number of fused-ring (bicyclic) bond motifs is 1. The van der Waals surface area contributed by atoms with Crippen molar-refractivity contribution in [1.29, 1.82) is 0 Å². The summed E-state index contributed by atoms with van der Waals surface area (Å²) in [6, 6.07) is 16.1. The van der Waals surface area contributed by atoms with E-state index < -0.39 is 6.10 Å². The van der Waals surface area contributed by atoms with Gasteiger partial charge in [0.2, 0.25) is 0 Å². The molecule has 6 heteroatoms. The number of rotatable bonds is 11. The van der Waals surface area contributed by atoms with Crippen molar-refractivity contribution in [2.24, 2.45) is 0 Å². The van der Waals surface area contributed by atoms with E-state index in [-0.39, 0.29) is 12.5 Å². The quantitative estimate of drug-likeness (QED) is 0.483. The largest absolute Gasteiger partial charge is 0.494 e. The van der Waals surface area contributed by atoms with Gasteiger partial charge in [0.05, 0.1) is 12.7 Å². The molecular formula is C25H35N3O3. The molecule has 1 atom stereocenters. The van der Waals surface area contributed by atoms with Gasteiger partial charge in [-0.2, -0.15) is 0 Å². The van der Waals surface area contributed by atoms with Crippen molar-refractivity contribution < 1.29 is 14.6 Å². The molecule has 0 radical (unpaired) electrons. The minimum Gasteiger partial charge on any atom is -0.494 e. The summed E-state index contributed by atoms with van der Waals surface area (Å²) >= 11 is 0. The van der Waals surface area contributed by atoms with Gasteiger partial charge in [-0.05, 0) is 54.8 Å². The zero-order valence-corrected chi connectivity index (χ0v) is 18.6. The van der Waals surface area contributed by atoms with Crippen LogP contribution in [0, 0.1) is 0 Å². The Morgan fingerprint density at radius 2 is 1.87 bits per heavy atom. The van der Waals surface area contributed by atoms with Crippen molar-refractivity contribution >= 4 is 5.91 Å². The third-order valence-corrected chi connectivity index (χ3v) is 5.44. The summed E-state index contributed by atoms with van der Waals surface area (Å²) in [6.07, 6.45) is 1.33. The lowest BCUT2D eigenvalue weighted by Gasteiger charge is -2.30. The predicted octanol–water partition coefficient (Wildman–Crippen LogP) is 2.60. The SMILES string of the molecule is CC(C)NCCCOc1ccc(C(=O)NCC(O)CN2CCc3ccccc3C2)cc1. The lowest BCUT2D eigenvalue weighted by molar-refractivity contribution is 0.0842. The highest BCUT2D eigenvalue weighted by Crippen LogP contribution is 2.18. The number of β-amino-alcohol motifs (C(OH)–C–C–N with tert-alkyl or cyclic N) is 1. The average Bonchev–Trinajstić information content (AvgIpc) is 2.77. The Morgan fingerprint density at radius 3 is 2.61 bits per heavy atom. The molecule has 2 aromatic carbocycles. The number of carbonyl (C=O) groups excluding carboxylic acids is 1. The third kappa shape index (κ3) is 7.65. The van der Waals surface area contributed by atoms with Crippen LogP contribution in [-0.4, -0.2) is 60.8 Å². The number of hydrogen-bond donors (Lipinski definition) is 3. The van der Waals surface area contributed by atoms with Crippen LogP contribution in [0.15, 0.2) is 48.5 Å². The second kappa shape index (κ2) is 11.8. The summed E-state index contributed by atoms with van der Waals surface area (Å²) in [7, 11) is 0. The van der Waals surface area contributed by atoms with E-state index >= 15 is 0 Å². The predicted molar refractivity (Wildman–Crippen MR) is 123 cm³/mol. The molecule has 0 fully saturated rings. The maximum absolute atomic E-state index is 12.4. The Hall–Kier alpha value is -2.41. The number of nitrogens with one attached hydrogen (secondary N) is 2. The van der Waals surface area contributed by atoms with Crippen LogP contribution in [-0.2, 0) is 13.0 Å². The fourth-order valence-corrected chi connectivity index (χ4v) is 3.74. The highest BCUT2D eigenvalue weighted by Gasteiger charge is 2.19. The standard InChI is InChI=1S/C25H35N3O3/c1-19(2)26-13-5-15-31-24-10-8-21(9-11-24)25(30)27-16-23(29)18-28-14-12-20-6-3-4-7-22(20)17-28/h3-4,6-11,19,23,26,29H,5,12-18H2,1-2H3,(H,27,30). The van der Waals surface area contributed by atoms with E-state index in [1.165, 1.54) is 11.1 Å². The summed E-state index contributed by atoms with van der Waals surface area (Å²) in [5.41, 5.74) is 3.28. The van der Waals surface area contributed by atoms with Crippen LogP contribution in [0.1, 0.15) is 41.8 Å². The summed E-state index contributed by atoms with van der Waals surface area (Å²) in [4.78, 5) is 14.6. The molecule has 0 aliphatic carbocycles. The molecule has 1 unspecified atom stereocenters. The maximum Gasteiger partial charge on any atom is 0.251 e. The first-order chi connectivity index (χ1) is 15.0. The molecule has 0 spiro atoms. The van der Waals surface area contributed by atoms with Crippen LogP contribution in [0.3, 0.4) is 0 Å². The summed E-state index contributed by atoms with van der Waals surface area (Å²) in [6.45, 7) is 8.36. The summed E-state index contributed by atoms with van der Waals surface area (Å²) < 4.78 is 5.71. The maximum atomic E-state index is 12.4. The molecule has 1 heterocycles. The average molecular weight is 426 g/mol. The van der Waals surface area contributed by atoms with Gasteiger partial charge in [0.15, 0.2) is 0 Å². The first kappa shape index (κ1) is 23.3. The Morgan fingerprint density at radius 1 is 1.13 bits per heavy atom. The molecule has 1 aliphatic heterocycles. The van der Waals surface area contributed by atoms with Crippen LogP contribution in [0.4, 0.5) is 0 Å². The van der Waals surface area contributed by atoms with E-state index in [4.69, 9.17) is 4.74 Å². The smallest absolute Gasteiger partial charge is 0.251 e. The van der Waals surface area contributed by atoms with Crippen LogP contribution in [0.25, 0.3) is 0 Å². The molecule has 0 aromatic heterocycles. The topological polar surface area (TPSA) is 73.8 Å². The van der Waals surface area contributed by atoms with E-state index in [0.717, 1.165) is 38.2 Å². The highest BCUT2D eigenvalue weighted by atomic mass is 16.5. The number of carbonyl (C=O) groups is 1. The second-order valence-electron chi connectivity index (χ2n) is 8.45. The zero-order chi connectivity index (χ0) is 22.1. The first-order valence-corrected chi connectivity index (χ1v) is 11.2. The van der Waals surface area contributed by atoms with E-state index in [9.17, 15) is 9.90 Å². The molecule has 0 bridgehead atoms. The molecule has 0 saturated carbocycles. The van der Waals surface area contributed by atoms with Gasteiger partial charge in [0.1, 0.15) is 5.75 Å². The lowest BCUT2D eigenvalue weighted by atomic mass is 10.00. The number of benzene rings is 2. The molecular weight excluding hydrogens is 390 g/mol. The number of nitrogens with zero attached hydrogens (tertiary/aromatic N) is 1. The van der Waals surface area contributed by atoms with Gasteiger partial charge in [-0.25, -0.2) is 0 Å². The first-order valence-electron chi connectivity index (χ1n) is 11.2. The molecule has 0 saturated heterocycles. The third-order valence-electron chi connectivity index (χ3n) is 5.44. The normalized spacial score (nSPS) is 14.8. The fraction of sp³-hybridized carbons (Fsp3) is 0.480.